The maximum absolute atomic E-state index is 13.5. The van der Waals surface area contributed by atoms with E-state index >= 15 is 0 Å². The lowest BCUT2D eigenvalue weighted by Crippen LogP contribution is -2.52. The molecule has 1 aliphatic rings. The Kier molecular flexibility index (Phi) is 5.81. The summed E-state index contributed by atoms with van der Waals surface area (Å²) in [5, 5.41) is 7.18. The summed E-state index contributed by atoms with van der Waals surface area (Å²) in [6, 6.07) is 5.45. The lowest BCUT2D eigenvalue weighted by atomic mass is 9.96. The minimum Gasteiger partial charge on any atom is -0.349 e. The van der Waals surface area contributed by atoms with Crippen LogP contribution in [0.3, 0.4) is 0 Å². The van der Waals surface area contributed by atoms with Crippen LogP contribution in [0.1, 0.15) is 41.5 Å². The number of hydrogen-bond acceptors (Lipinski definition) is 6. The molecule has 3 aromatic heterocycles. The van der Waals surface area contributed by atoms with Crippen molar-refractivity contribution in [3.63, 3.8) is 0 Å². The van der Waals surface area contributed by atoms with Gasteiger partial charge in [0.25, 0.3) is 5.91 Å². The van der Waals surface area contributed by atoms with E-state index in [9.17, 15) is 18.0 Å². The molecular weight excluding hydrogens is 423 g/mol. The molecule has 8 nitrogen and oxygen atoms in total. The van der Waals surface area contributed by atoms with Crippen molar-refractivity contribution < 1.29 is 18.0 Å². The van der Waals surface area contributed by atoms with Gasteiger partial charge in [-0.15, -0.1) is 0 Å². The van der Waals surface area contributed by atoms with E-state index in [0.717, 1.165) is 18.0 Å². The summed E-state index contributed by atoms with van der Waals surface area (Å²) in [6.07, 6.45) is 1.19. The van der Waals surface area contributed by atoms with Gasteiger partial charge < -0.3 is 10.2 Å². The topological polar surface area (TPSA) is 88.8 Å². The Labute approximate surface area is 182 Å². The van der Waals surface area contributed by atoms with Gasteiger partial charge in [-0.3, -0.25) is 4.79 Å². The van der Waals surface area contributed by atoms with Crippen molar-refractivity contribution in [3.05, 3.63) is 59.8 Å². The predicted molar refractivity (Wildman–Crippen MR) is 110 cm³/mol. The van der Waals surface area contributed by atoms with Crippen LogP contribution in [0.15, 0.2) is 42.9 Å². The maximum Gasteiger partial charge on any atom is 0.433 e. The fraction of sp³-hybridized carbons (Fsp3) is 0.381. The summed E-state index contributed by atoms with van der Waals surface area (Å²) in [7, 11) is 0. The molecule has 0 unspecified atom stereocenters. The van der Waals surface area contributed by atoms with E-state index in [1.165, 1.54) is 0 Å². The van der Waals surface area contributed by atoms with Crippen LogP contribution in [-0.2, 0) is 6.18 Å². The Morgan fingerprint density at radius 1 is 1.19 bits per heavy atom. The fourth-order valence-electron chi connectivity index (χ4n) is 3.81. The SMILES string of the molecule is Cc1ccc(C(=O)N2CCC[C@@H](Nc3nccc(C(F)(F)F)n3)[C@@H]2C)c(-n2cccn2)n1. The highest BCUT2D eigenvalue weighted by molar-refractivity contribution is 5.97. The highest BCUT2D eigenvalue weighted by Crippen LogP contribution is 2.29. The lowest BCUT2D eigenvalue weighted by Gasteiger charge is -2.40. The molecule has 0 bridgehead atoms. The molecule has 2 atom stereocenters. The zero-order valence-corrected chi connectivity index (χ0v) is 17.5. The van der Waals surface area contributed by atoms with Gasteiger partial charge in [0.1, 0.15) is 5.69 Å². The second-order valence-corrected chi connectivity index (χ2v) is 7.67. The minimum absolute atomic E-state index is 0.111. The number of aryl methyl sites for hydroxylation is 1. The molecule has 0 spiro atoms. The quantitative estimate of drug-likeness (QED) is 0.662. The molecule has 0 radical (unpaired) electrons. The number of amides is 1. The van der Waals surface area contributed by atoms with E-state index < -0.39 is 11.9 Å². The van der Waals surface area contributed by atoms with Gasteiger partial charge in [-0.25, -0.2) is 19.6 Å². The summed E-state index contributed by atoms with van der Waals surface area (Å²) in [6.45, 7) is 4.21. The zero-order chi connectivity index (χ0) is 22.9. The zero-order valence-electron chi connectivity index (χ0n) is 17.5. The average molecular weight is 445 g/mol. The van der Waals surface area contributed by atoms with Crippen LogP contribution in [0.5, 0.6) is 0 Å². The van der Waals surface area contributed by atoms with Crippen molar-refractivity contribution in [3.8, 4) is 5.82 Å². The highest BCUT2D eigenvalue weighted by Gasteiger charge is 2.35. The third-order valence-corrected chi connectivity index (χ3v) is 5.48. The minimum atomic E-state index is -4.55. The third-order valence-electron chi connectivity index (χ3n) is 5.48. The molecule has 4 heterocycles. The monoisotopic (exact) mass is 445 g/mol. The van der Waals surface area contributed by atoms with Gasteiger partial charge in [0, 0.05) is 42.9 Å². The van der Waals surface area contributed by atoms with Crippen molar-refractivity contribution in [1.29, 1.82) is 0 Å². The fourth-order valence-corrected chi connectivity index (χ4v) is 3.81. The first-order valence-corrected chi connectivity index (χ1v) is 10.2. The first kappa shape index (κ1) is 21.7. The molecule has 3 aromatic rings. The molecule has 11 heteroatoms. The van der Waals surface area contributed by atoms with Crippen LogP contribution in [0, 0.1) is 6.92 Å². The van der Waals surface area contributed by atoms with Crippen molar-refractivity contribution in [2.75, 3.05) is 11.9 Å². The summed E-state index contributed by atoms with van der Waals surface area (Å²) >= 11 is 0. The Hall–Kier alpha value is -3.50. The number of nitrogens with one attached hydrogen (secondary N) is 1. The van der Waals surface area contributed by atoms with Gasteiger partial charge in [0.2, 0.25) is 5.95 Å². The number of anilines is 1. The Morgan fingerprint density at radius 2 is 2.00 bits per heavy atom. The van der Waals surface area contributed by atoms with Crippen molar-refractivity contribution >= 4 is 11.9 Å². The molecule has 1 saturated heterocycles. The number of piperidine rings is 1. The Morgan fingerprint density at radius 3 is 2.72 bits per heavy atom. The number of alkyl halides is 3. The number of rotatable bonds is 4. The van der Waals surface area contributed by atoms with Crippen LogP contribution >= 0.6 is 0 Å². The van der Waals surface area contributed by atoms with Gasteiger partial charge in [0.15, 0.2) is 5.82 Å². The molecule has 168 valence electrons. The maximum atomic E-state index is 13.5. The summed E-state index contributed by atoms with van der Waals surface area (Å²) in [4.78, 5) is 27.2. The van der Waals surface area contributed by atoms with E-state index in [0.29, 0.717) is 30.8 Å². The van der Waals surface area contributed by atoms with Crippen molar-refractivity contribution in [2.24, 2.45) is 0 Å². The Bertz CT molecular complexity index is 1100. The molecule has 0 aliphatic carbocycles. The van der Waals surface area contributed by atoms with Crippen LogP contribution in [0.2, 0.25) is 0 Å². The van der Waals surface area contributed by atoms with E-state index in [4.69, 9.17) is 0 Å². The summed E-state index contributed by atoms with van der Waals surface area (Å²) in [5.41, 5.74) is 0.142. The van der Waals surface area contributed by atoms with E-state index in [1.54, 1.807) is 40.2 Å². The number of nitrogens with zero attached hydrogens (tertiary/aromatic N) is 6. The van der Waals surface area contributed by atoms with Crippen LogP contribution in [-0.4, -0.2) is 54.2 Å². The number of hydrogen-bond donors (Lipinski definition) is 1. The molecule has 1 amide bonds. The van der Waals surface area contributed by atoms with Gasteiger partial charge in [-0.05, 0) is 51.0 Å². The number of aromatic nitrogens is 5. The number of pyridine rings is 1. The van der Waals surface area contributed by atoms with Crippen LogP contribution in [0.4, 0.5) is 19.1 Å². The first-order valence-electron chi connectivity index (χ1n) is 10.2. The summed E-state index contributed by atoms with van der Waals surface area (Å²) in [5.74, 6) is 0.107. The van der Waals surface area contributed by atoms with Crippen LogP contribution < -0.4 is 5.32 Å². The van der Waals surface area contributed by atoms with Gasteiger partial charge in [-0.1, -0.05) is 0 Å². The first-order chi connectivity index (χ1) is 15.2. The molecule has 1 aliphatic heterocycles. The summed E-state index contributed by atoms with van der Waals surface area (Å²) < 4.78 is 40.5. The smallest absolute Gasteiger partial charge is 0.349 e. The Balaban J connectivity index is 1.57. The average Bonchev–Trinajstić information content (AvgIpc) is 3.29. The lowest BCUT2D eigenvalue weighted by molar-refractivity contribution is -0.141. The molecule has 0 saturated carbocycles. The number of carbonyl (C=O) groups excluding carboxylic acids is 1. The normalized spacial score (nSPS) is 19.1. The molecule has 1 N–H and O–H groups in total. The molecule has 32 heavy (non-hydrogen) atoms. The molecule has 4 rings (SSSR count). The van der Waals surface area contributed by atoms with Gasteiger partial charge in [-0.2, -0.15) is 18.3 Å². The number of halogens is 3. The van der Waals surface area contributed by atoms with E-state index in [-0.39, 0.29) is 23.9 Å². The highest BCUT2D eigenvalue weighted by atomic mass is 19.4. The second kappa shape index (κ2) is 8.56. The molecule has 1 fully saturated rings. The van der Waals surface area contributed by atoms with Crippen LogP contribution in [0.25, 0.3) is 5.82 Å². The largest absolute Gasteiger partial charge is 0.433 e. The number of likely N-dealkylation sites (tertiary alicyclic amines) is 1. The standard InChI is InChI=1S/C21H22F3N7O/c1-13-6-7-15(18(27-13)31-12-4-9-26-31)19(32)30-11-3-5-16(14(30)2)28-20-25-10-8-17(29-20)21(22,23)24/h4,6-10,12,14,16H,3,5,11H2,1-2H3,(H,25,28,29)/t14-,16+/m0/s1. The number of carbonyl (C=O) groups is 1. The molecular formula is C21H22F3N7O. The van der Waals surface area contributed by atoms with E-state index in [2.05, 4.69) is 25.4 Å². The predicted octanol–water partition coefficient (Wildman–Crippen LogP) is 3.49. The van der Waals surface area contributed by atoms with Gasteiger partial charge in [0.05, 0.1) is 5.56 Å². The molecule has 0 aromatic carbocycles. The second-order valence-electron chi connectivity index (χ2n) is 7.67. The van der Waals surface area contributed by atoms with Crippen molar-refractivity contribution in [1.82, 2.24) is 29.6 Å². The van der Waals surface area contributed by atoms with Gasteiger partial charge >= 0.3 is 6.18 Å². The third kappa shape index (κ3) is 4.41. The van der Waals surface area contributed by atoms with Crippen molar-refractivity contribution in [2.45, 2.75) is 44.9 Å². The van der Waals surface area contributed by atoms with E-state index in [1.807, 2.05) is 13.8 Å².